The lowest BCUT2D eigenvalue weighted by molar-refractivity contribution is -0.112. The van der Waals surface area contributed by atoms with E-state index in [0.717, 1.165) is 68.9 Å². The molecule has 29 heavy (non-hydrogen) atoms. The Morgan fingerprint density at radius 2 is 2.24 bits per heavy atom. The van der Waals surface area contributed by atoms with Gasteiger partial charge in [-0.15, -0.1) is 0 Å². The molecule has 4 rings (SSSR count). The van der Waals surface area contributed by atoms with Gasteiger partial charge in [0.15, 0.2) is 0 Å². The Bertz CT molecular complexity index is 859. The number of rotatable bonds is 6. The first-order chi connectivity index (χ1) is 14.3. The Balaban J connectivity index is 1.35. The third-order valence-electron chi connectivity index (χ3n) is 4.93. The average Bonchev–Trinajstić information content (AvgIpc) is 3.09. The van der Waals surface area contributed by atoms with Gasteiger partial charge in [0.05, 0.1) is 25.3 Å². The number of hydrogen-bond acceptors (Lipinski definition) is 7. The van der Waals surface area contributed by atoms with Crippen LogP contribution in [0, 0.1) is 0 Å². The van der Waals surface area contributed by atoms with E-state index in [2.05, 4.69) is 20.2 Å². The molecule has 1 amide bonds. The van der Waals surface area contributed by atoms with Gasteiger partial charge in [-0.2, -0.15) is 0 Å². The van der Waals surface area contributed by atoms with E-state index in [4.69, 9.17) is 14.2 Å². The molecular formula is C21H26N4O4. The molecule has 0 unspecified atom stereocenters. The van der Waals surface area contributed by atoms with Gasteiger partial charge >= 0.3 is 0 Å². The lowest BCUT2D eigenvalue weighted by Crippen LogP contribution is -2.26. The highest BCUT2D eigenvalue weighted by molar-refractivity contribution is 5.98. The number of nitrogens with one attached hydrogen (secondary N) is 1. The minimum absolute atomic E-state index is 0.0781. The van der Waals surface area contributed by atoms with Gasteiger partial charge in [-0.25, -0.2) is 9.97 Å². The first kappa shape index (κ1) is 19.8. The van der Waals surface area contributed by atoms with Crippen LogP contribution in [0.5, 0.6) is 5.75 Å². The smallest absolute Gasteiger partial charge is 0.250 e. The fourth-order valence-corrected chi connectivity index (χ4v) is 3.38. The summed E-state index contributed by atoms with van der Waals surface area (Å²) in [4.78, 5) is 23.1. The molecule has 2 saturated heterocycles. The van der Waals surface area contributed by atoms with Gasteiger partial charge in [0.1, 0.15) is 11.9 Å². The van der Waals surface area contributed by atoms with E-state index in [0.29, 0.717) is 6.61 Å². The molecule has 3 heterocycles. The van der Waals surface area contributed by atoms with Crippen LogP contribution in [0.2, 0.25) is 0 Å². The van der Waals surface area contributed by atoms with E-state index in [-0.39, 0.29) is 18.0 Å². The maximum absolute atomic E-state index is 12.2. The van der Waals surface area contributed by atoms with Crippen molar-refractivity contribution in [3.8, 4) is 5.75 Å². The summed E-state index contributed by atoms with van der Waals surface area (Å²) in [5, 5.41) is 3.61. The highest BCUT2D eigenvalue weighted by atomic mass is 16.5. The Hall–Kier alpha value is -2.55. The SMILES string of the molecule is O=C(C=CCN1CCCOCC1)Nc1ncc2ccc(O[C@H]3CCOC3)cc2n1. The molecule has 1 N–H and O–H groups in total. The second-order valence-corrected chi connectivity index (χ2v) is 7.18. The Kier molecular flexibility index (Phi) is 6.66. The van der Waals surface area contributed by atoms with Gasteiger partial charge in [0.25, 0.3) is 0 Å². The Morgan fingerprint density at radius 3 is 3.14 bits per heavy atom. The van der Waals surface area contributed by atoms with Crippen molar-refractivity contribution in [2.45, 2.75) is 18.9 Å². The number of amides is 1. The number of carbonyl (C=O) groups excluding carboxylic acids is 1. The summed E-state index contributed by atoms with van der Waals surface area (Å²) in [6, 6.07) is 5.68. The number of fused-ring (bicyclic) bond motifs is 1. The molecule has 0 saturated carbocycles. The fraction of sp³-hybridized carbons (Fsp3) is 0.476. The van der Waals surface area contributed by atoms with Crippen LogP contribution in [0.15, 0.2) is 36.5 Å². The minimum Gasteiger partial charge on any atom is -0.488 e. The number of benzene rings is 1. The first-order valence-electron chi connectivity index (χ1n) is 10.0. The largest absolute Gasteiger partial charge is 0.488 e. The van der Waals surface area contributed by atoms with Crippen LogP contribution in [0.25, 0.3) is 10.9 Å². The summed E-state index contributed by atoms with van der Waals surface area (Å²) < 4.78 is 16.7. The predicted molar refractivity (Wildman–Crippen MR) is 109 cm³/mol. The lowest BCUT2D eigenvalue weighted by atomic mass is 10.2. The quantitative estimate of drug-likeness (QED) is 0.745. The van der Waals surface area contributed by atoms with E-state index in [9.17, 15) is 4.79 Å². The maximum Gasteiger partial charge on any atom is 0.250 e. The molecule has 0 radical (unpaired) electrons. The molecule has 0 spiro atoms. The van der Waals surface area contributed by atoms with Gasteiger partial charge < -0.3 is 14.2 Å². The van der Waals surface area contributed by atoms with Crippen LogP contribution in [-0.2, 0) is 14.3 Å². The van der Waals surface area contributed by atoms with E-state index >= 15 is 0 Å². The second-order valence-electron chi connectivity index (χ2n) is 7.18. The van der Waals surface area contributed by atoms with E-state index in [1.54, 1.807) is 6.20 Å². The third kappa shape index (κ3) is 5.72. The Labute approximate surface area is 169 Å². The van der Waals surface area contributed by atoms with Gasteiger partial charge in [0.2, 0.25) is 11.9 Å². The lowest BCUT2D eigenvalue weighted by Gasteiger charge is -2.16. The molecule has 154 valence electrons. The molecule has 2 aliphatic rings. The third-order valence-corrected chi connectivity index (χ3v) is 4.93. The van der Waals surface area contributed by atoms with Crippen molar-refractivity contribution in [2.75, 3.05) is 51.4 Å². The van der Waals surface area contributed by atoms with Gasteiger partial charge in [-0.1, -0.05) is 6.08 Å². The maximum atomic E-state index is 12.2. The number of carbonyl (C=O) groups is 1. The molecular weight excluding hydrogens is 372 g/mol. The molecule has 8 nitrogen and oxygen atoms in total. The van der Waals surface area contributed by atoms with Crippen LogP contribution >= 0.6 is 0 Å². The summed E-state index contributed by atoms with van der Waals surface area (Å²) in [7, 11) is 0. The number of anilines is 1. The van der Waals surface area contributed by atoms with E-state index in [1.807, 2.05) is 24.3 Å². The van der Waals surface area contributed by atoms with Crippen LogP contribution in [0.1, 0.15) is 12.8 Å². The summed E-state index contributed by atoms with van der Waals surface area (Å²) in [6.45, 7) is 5.48. The molecule has 2 fully saturated rings. The van der Waals surface area contributed by atoms with Crippen molar-refractivity contribution in [3.05, 3.63) is 36.5 Å². The average molecular weight is 398 g/mol. The van der Waals surface area contributed by atoms with Crippen molar-refractivity contribution < 1.29 is 19.0 Å². The highest BCUT2D eigenvalue weighted by Gasteiger charge is 2.17. The number of aromatic nitrogens is 2. The van der Waals surface area contributed by atoms with Gasteiger partial charge in [0, 0.05) is 56.4 Å². The molecule has 1 aromatic carbocycles. The van der Waals surface area contributed by atoms with Crippen molar-refractivity contribution in [3.63, 3.8) is 0 Å². The van der Waals surface area contributed by atoms with Crippen molar-refractivity contribution in [1.82, 2.24) is 14.9 Å². The van der Waals surface area contributed by atoms with Gasteiger partial charge in [-0.3, -0.25) is 15.0 Å². The zero-order valence-electron chi connectivity index (χ0n) is 16.4. The minimum atomic E-state index is -0.245. The number of hydrogen-bond donors (Lipinski definition) is 1. The topological polar surface area (TPSA) is 85.8 Å². The molecule has 1 atom stereocenters. The van der Waals surface area contributed by atoms with Crippen LogP contribution in [-0.4, -0.2) is 72.9 Å². The molecule has 8 heteroatoms. The molecule has 0 aliphatic carbocycles. The van der Waals surface area contributed by atoms with Crippen LogP contribution < -0.4 is 10.1 Å². The summed E-state index contributed by atoms with van der Waals surface area (Å²) in [6.07, 6.45) is 7.07. The molecule has 2 aromatic rings. The van der Waals surface area contributed by atoms with Crippen molar-refractivity contribution >= 4 is 22.8 Å². The Morgan fingerprint density at radius 1 is 1.28 bits per heavy atom. The summed E-state index contributed by atoms with van der Waals surface area (Å²) in [5.74, 6) is 0.771. The number of ether oxygens (including phenoxy) is 3. The van der Waals surface area contributed by atoms with Crippen LogP contribution in [0.3, 0.4) is 0 Å². The summed E-state index contributed by atoms with van der Waals surface area (Å²) in [5.41, 5.74) is 0.722. The highest BCUT2D eigenvalue weighted by Crippen LogP contribution is 2.22. The van der Waals surface area contributed by atoms with Crippen molar-refractivity contribution in [2.24, 2.45) is 0 Å². The standard InChI is InChI=1S/C21H26N4O4/c26-20(3-1-7-25-8-2-10-27-12-9-25)24-21-22-14-16-4-5-17(13-19(16)23-21)29-18-6-11-28-15-18/h1,3-5,13-14,18H,2,6-12,15H2,(H,22,23,24,26)/t18-/m0/s1. The summed E-state index contributed by atoms with van der Waals surface area (Å²) >= 11 is 0. The normalized spacial score (nSPS) is 20.8. The molecule has 0 bridgehead atoms. The first-order valence-corrected chi connectivity index (χ1v) is 10.0. The van der Waals surface area contributed by atoms with Crippen molar-refractivity contribution in [1.29, 1.82) is 0 Å². The van der Waals surface area contributed by atoms with Gasteiger partial charge in [-0.05, 0) is 18.6 Å². The number of nitrogens with zero attached hydrogens (tertiary/aromatic N) is 3. The molecule has 1 aromatic heterocycles. The van der Waals surface area contributed by atoms with Crippen LogP contribution in [0.4, 0.5) is 5.95 Å². The zero-order valence-corrected chi connectivity index (χ0v) is 16.4. The van der Waals surface area contributed by atoms with E-state index in [1.165, 1.54) is 6.08 Å². The zero-order chi connectivity index (χ0) is 19.9. The van der Waals surface area contributed by atoms with E-state index < -0.39 is 0 Å². The fourth-order valence-electron chi connectivity index (χ4n) is 3.38. The molecule has 2 aliphatic heterocycles. The second kappa shape index (κ2) is 9.78. The predicted octanol–water partition coefficient (Wildman–Crippen LogP) is 2.01. The monoisotopic (exact) mass is 398 g/mol.